The predicted molar refractivity (Wildman–Crippen MR) is 76.7 cm³/mol. The van der Waals surface area contributed by atoms with Crippen LogP contribution in [-0.4, -0.2) is 12.5 Å². The third-order valence-electron chi connectivity index (χ3n) is 4.35. The first-order chi connectivity index (χ1) is 9.22. The van der Waals surface area contributed by atoms with Crippen LogP contribution in [0.3, 0.4) is 0 Å². The number of allylic oxidation sites excluding steroid dienone is 2. The highest BCUT2D eigenvalue weighted by Crippen LogP contribution is 2.43. The van der Waals surface area contributed by atoms with Crippen molar-refractivity contribution in [2.45, 2.75) is 19.3 Å². The van der Waals surface area contributed by atoms with Crippen molar-refractivity contribution < 1.29 is 4.79 Å². The third kappa shape index (κ3) is 2.65. The molecular weight excluding hydrogens is 236 g/mol. The van der Waals surface area contributed by atoms with Crippen molar-refractivity contribution in [3.63, 3.8) is 0 Å². The molecule has 1 amide bonds. The average molecular weight is 256 g/mol. The zero-order valence-electron chi connectivity index (χ0n) is 11.0. The molecule has 0 saturated heterocycles. The number of anilines is 1. The smallest absolute Gasteiger partial charge is 0.221 e. The fourth-order valence-electron chi connectivity index (χ4n) is 3.40. The van der Waals surface area contributed by atoms with Gasteiger partial charge in [-0.1, -0.05) is 30.4 Å². The second kappa shape index (κ2) is 5.08. The molecular formula is C16H20N2O. The number of nitrogens with one attached hydrogen (secondary N) is 1. The molecule has 0 radical (unpaired) electrons. The Balaban J connectivity index is 1.63. The van der Waals surface area contributed by atoms with Gasteiger partial charge < -0.3 is 11.1 Å². The fraction of sp³-hybridized carbons (Fsp3) is 0.438. The third-order valence-corrected chi connectivity index (χ3v) is 4.35. The Morgan fingerprint density at radius 3 is 2.79 bits per heavy atom. The highest BCUT2D eigenvalue weighted by Gasteiger charge is 2.35. The maximum Gasteiger partial charge on any atom is 0.221 e. The molecule has 3 atom stereocenters. The predicted octanol–water partition coefficient (Wildman–Crippen LogP) is 2.34. The van der Waals surface area contributed by atoms with E-state index in [4.69, 9.17) is 5.73 Å². The maximum atomic E-state index is 11.1. The second-order valence-corrected chi connectivity index (χ2v) is 5.72. The van der Waals surface area contributed by atoms with Gasteiger partial charge in [0.05, 0.1) is 6.42 Å². The Morgan fingerprint density at radius 1 is 1.26 bits per heavy atom. The van der Waals surface area contributed by atoms with E-state index in [1.54, 1.807) is 0 Å². The van der Waals surface area contributed by atoms with E-state index in [0.717, 1.165) is 35.5 Å². The molecule has 1 fully saturated rings. The molecule has 0 aromatic heterocycles. The largest absolute Gasteiger partial charge is 0.385 e. The minimum Gasteiger partial charge on any atom is -0.385 e. The number of nitrogens with two attached hydrogens (primary N) is 1. The van der Waals surface area contributed by atoms with E-state index in [2.05, 4.69) is 17.5 Å². The van der Waals surface area contributed by atoms with Gasteiger partial charge in [0.15, 0.2) is 0 Å². The summed E-state index contributed by atoms with van der Waals surface area (Å²) in [6, 6.07) is 7.94. The highest BCUT2D eigenvalue weighted by molar-refractivity contribution is 5.78. The molecule has 0 spiro atoms. The Morgan fingerprint density at radius 2 is 2.11 bits per heavy atom. The molecule has 2 aliphatic rings. The van der Waals surface area contributed by atoms with E-state index < -0.39 is 0 Å². The Labute approximate surface area is 113 Å². The van der Waals surface area contributed by atoms with Crippen LogP contribution in [0.5, 0.6) is 0 Å². The van der Waals surface area contributed by atoms with Gasteiger partial charge in [-0.2, -0.15) is 0 Å². The molecule has 100 valence electrons. The van der Waals surface area contributed by atoms with Crippen LogP contribution in [0.1, 0.15) is 18.4 Å². The first-order valence-corrected chi connectivity index (χ1v) is 7.01. The van der Waals surface area contributed by atoms with E-state index in [1.807, 2.05) is 24.3 Å². The number of rotatable bonds is 5. The Kier molecular flexibility index (Phi) is 3.28. The van der Waals surface area contributed by atoms with Crippen molar-refractivity contribution in [3.05, 3.63) is 42.0 Å². The number of para-hydroxylation sites is 1. The first-order valence-electron chi connectivity index (χ1n) is 7.01. The molecule has 1 saturated carbocycles. The normalized spacial score (nSPS) is 27.7. The van der Waals surface area contributed by atoms with Crippen molar-refractivity contribution in [2.75, 3.05) is 11.9 Å². The van der Waals surface area contributed by atoms with Gasteiger partial charge in [0.2, 0.25) is 5.91 Å². The number of fused-ring (bicyclic) bond motifs is 2. The monoisotopic (exact) mass is 256 g/mol. The van der Waals surface area contributed by atoms with Gasteiger partial charge in [-0.25, -0.2) is 0 Å². The number of carbonyl (C=O) groups is 1. The molecule has 19 heavy (non-hydrogen) atoms. The summed E-state index contributed by atoms with van der Waals surface area (Å²) in [6.07, 6.45) is 7.67. The molecule has 3 rings (SSSR count). The van der Waals surface area contributed by atoms with Crippen LogP contribution >= 0.6 is 0 Å². The van der Waals surface area contributed by atoms with Gasteiger partial charge in [-0.05, 0) is 42.2 Å². The topological polar surface area (TPSA) is 55.1 Å². The maximum absolute atomic E-state index is 11.1. The first kappa shape index (κ1) is 12.3. The molecule has 0 aliphatic heterocycles. The summed E-state index contributed by atoms with van der Waals surface area (Å²) in [7, 11) is 0. The summed E-state index contributed by atoms with van der Waals surface area (Å²) in [5, 5.41) is 3.50. The second-order valence-electron chi connectivity index (χ2n) is 5.72. The van der Waals surface area contributed by atoms with E-state index in [-0.39, 0.29) is 5.91 Å². The van der Waals surface area contributed by atoms with E-state index in [9.17, 15) is 4.79 Å². The molecule has 3 heteroatoms. The van der Waals surface area contributed by atoms with Gasteiger partial charge >= 0.3 is 0 Å². The van der Waals surface area contributed by atoms with Crippen molar-refractivity contribution in [1.29, 1.82) is 0 Å². The quantitative estimate of drug-likeness (QED) is 0.794. The Bertz CT molecular complexity index is 509. The standard InChI is InChI=1S/C16H20N2O/c17-16(19)9-13-3-1-2-4-15(13)18-10-14-8-11-5-6-12(14)7-11/h1-6,11-12,14,18H,7-10H2,(H2,17,19). The number of carbonyl (C=O) groups excluding carboxylic acids is 1. The lowest BCUT2D eigenvalue weighted by atomic mass is 9.93. The lowest BCUT2D eigenvalue weighted by Gasteiger charge is -2.20. The summed E-state index contributed by atoms with van der Waals surface area (Å²) < 4.78 is 0. The number of benzene rings is 1. The van der Waals surface area contributed by atoms with Crippen LogP contribution in [0.2, 0.25) is 0 Å². The summed E-state index contributed by atoms with van der Waals surface area (Å²) in [6.45, 7) is 0.987. The number of amides is 1. The van der Waals surface area contributed by atoms with Gasteiger partial charge in [0.25, 0.3) is 0 Å². The Hall–Kier alpha value is -1.77. The molecule has 1 aromatic rings. The molecule has 1 aromatic carbocycles. The summed E-state index contributed by atoms with van der Waals surface area (Å²) in [5.74, 6) is 2.01. The number of hydrogen-bond donors (Lipinski definition) is 2. The van der Waals surface area contributed by atoms with E-state index in [0.29, 0.717) is 6.42 Å². The van der Waals surface area contributed by atoms with Crippen molar-refractivity contribution >= 4 is 11.6 Å². The highest BCUT2D eigenvalue weighted by atomic mass is 16.1. The lowest BCUT2D eigenvalue weighted by molar-refractivity contribution is -0.117. The summed E-state index contributed by atoms with van der Waals surface area (Å²) in [5.41, 5.74) is 7.33. The molecule has 2 bridgehead atoms. The molecule has 3 nitrogen and oxygen atoms in total. The van der Waals surface area contributed by atoms with Crippen LogP contribution in [0.25, 0.3) is 0 Å². The molecule has 2 aliphatic carbocycles. The van der Waals surface area contributed by atoms with Crippen LogP contribution < -0.4 is 11.1 Å². The van der Waals surface area contributed by atoms with Crippen molar-refractivity contribution in [2.24, 2.45) is 23.5 Å². The fourth-order valence-corrected chi connectivity index (χ4v) is 3.40. The molecule has 3 N–H and O–H groups in total. The molecule has 3 unspecified atom stereocenters. The summed E-state index contributed by atoms with van der Waals surface area (Å²) in [4.78, 5) is 11.1. The minimum atomic E-state index is -0.280. The van der Waals surface area contributed by atoms with E-state index in [1.165, 1.54) is 12.8 Å². The van der Waals surface area contributed by atoms with Gasteiger partial charge in [-0.15, -0.1) is 0 Å². The van der Waals surface area contributed by atoms with Gasteiger partial charge in [0.1, 0.15) is 0 Å². The van der Waals surface area contributed by atoms with Crippen LogP contribution in [0, 0.1) is 17.8 Å². The number of hydrogen-bond acceptors (Lipinski definition) is 2. The van der Waals surface area contributed by atoms with Crippen molar-refractivity contribution in [3.8, 4) is 0 Å². The SMILES string of the molecule is NC(=O)Cc1ccccc1NCC1CC2C=CC1C2. The molecule has 0 heterocycles. The zero-order valence-corrected chi connectivity index (χ0v) is 11.0. The average Bonchev–Trinajstić information content (AvgIpc) is 2.99. The van der Waals surface area contributed by atoms with Crippen LogP contribution in [0.15, 0.2) is 36.4 Å². The number of primary amides is 1. The van der Waals surface area contributed by atoms with Crippen LogP contribution in [-0.2, 0) is 11.2 Å². The van der Waals surface area contributed by atoms with Crippen LogP contribution in [0.4, 0.5) is 5.69 Å². The van der Waals surface area contributed by atoms with E-state index >= 15 is 0 Å². The summed E-state index contributed by atoms with van der Waals surface area (Å²) >= 11 is 0. The van der Waals surface area contributed by atoms with Gasteiger partial charge in [-0.3, -0.25) is 4.79 Å². The van der Waals surface area contributed by atoms with Crippen molar-refractivity contribution in [1.82, 2.24) is 0 Å². The lowest BCUT2D eigenvalue weighted by Crippen LogP contribution is -2.20. The van der Waals surface area contributed by atoms with Gasteiger partial charge in [0, 0.05) is 12.2 Å². The minimum absolute atomic E-state index is 0.280. The zero-order chi connectivity index (χ0) is 13.2.